The fourth-order valence-corrected chi connectivity index (χ4v) is 4.31. The molecule has 0 saturated carbocycles. The van der Waals surface area contributed by atoms with E-state index in [1.165, 1.54) is 5.56 Å². The fourth-order valence-electron chi connectivity index (χ4n) is 4.31. The van der Waals surface area contributed by atoms with Gasteiger partial charge in [0.2, 0.25) is 11.8 Å². The minimum Gasteiger partial charge on any atom is -0.378 e. The number of carbonyl (C=O) groups excluding carboxylic acids is 2. The van der Waals surface area contributed by atoms with E-state index in [0.717, 1.165) is 37.9 Å². The van der Waals surface area contributed by atoms with Crippen LogP contribution in [0.3, 0.4) is 0 Å². The molecular weight excluding hydrogens is 330 g/mol. The van der Waals surface area contributed by atoms with E-state index < -0.39 is 0 Å². The van der Waals surface area contributed by atoms with E-state index in [1.807, 2.05) is 21.9 Å². The van der Waals surface area contributed by atoms with Gasteiger partial charge in [-0.15, -0.1) is 0 Å². The van der Waals surface area contributed by atoms with Crippen LogP contribution in [-0.4, -0.2) is 73.6 Å². The second-order valence-electron chi connectivity index (χ2n) is 7.34. The first kappa shape index (κ1) is 17.3. The van der Waals surface area contributed by atoms with Gasteiger partial charge in [0.1, 0.15) is 6.04 Å². The maximum atomic E-state index is 13.1. The highest BCUT2D eigenvalue weighted by atomic mass is 16.5. The number of anilines is 1. The van der Waals surface area contributed by atoms with Gasteiger partial charge in [-0.1, -0.05) is 18.2 Å². The second-order valence-corrected chi connectivity index (χ2v) is 7.34. The number of benzene rings is 1. The van der Waals surface area contributed by atoms with Crippen LogP contribution in [0.25, 0.3) is 0 Å². The number of carbonyl (C=O) groups is 2. The largest absolute Gasteiger partial charge is 0.378 e. The van der Waals surface area contributed by atoms with E-state index in [2.05, 4.69) is 17.0 Å². The summed E-state index contributed by atoms with van der Waals surface area (Å²) in [5, 5.41) is 0. The minimum atomic E-state index is -0.299. The van der Waals surface area contributed by atoms with Crippen LogP contribution in [0.4, 0.5) is 5.69 Å². The average molecular weight is 357 g/mol. The summed E-state index contributed by atoms with van der Waals surface area (Å²) in [6.07, 6.45) is 3.75. The number of hydrogen-bond donors (Lipinski definition) is 0. The van der Waals surface area contributed by atoms with Crippen molar-refractivity contribution >= 4 is 17.5 Å². The zero-order valence-corrected chi connectivity index (χ0v) is 15.2. The maximum absolute atomic E-state index is 13.1. The molecule has 2 amide bonds. The Labute approximate surface area is 154 Å². The van der Waals surface area contributed by atoms with Crippen molar-refractivity contribution in [3.63, 3.8) is 0 Å². The molecule has 0 radical (unpaired) electrons. The standard InChI is InChI=1S/C20H27N3O3/c24-19(15-22-10-8-16-5-1-2-6-17(16)22)23-9-4-3-7-18(23)20(25)21-11-13-26-14-12-21/h1-2,5-6,18H,3-4,7-15H2. The van der Waals surface area contributed by atoms with Gasteiger partial charge in [-0.3, -0.25) is 9.59 Å². The summed E-state index contributed by atoms with van der Waals surface area (Å²) in [5.74, 6) is 0.177. The van der Waals surface area contributed by atoms with Crippen LogP contribution in [0, 0.1) is 0 Å². The van der Waals surface area contributed by atoms with Crippen LogP contribution in [0.2, 0.25) is 0 Å². The first-order valence-electron chi connectivity index (χ1n) is 9.73. The quantitative estimate of drug-likeness (QED) is 0.818. The average Bonchev–Trinajstić information content (AvgIpc) is 3.11. The van der Waals surface area contributed by atoms with Gasteiger partial charge in [-0.2, -0.15) is 0 Å². The van der Waals surface area contributed by atoms with Crippen molar-refractivity contribution in [1.82, 2.24) is 9.80 Å². The van der Waals surface area contributed by atoms with Crippen LogP contribution < -0.4 is 4.90 Å². The van der Waals surface area contributed by atoms with Gasteiger partial charge in [0.15, 0.2) is 0 Å². The molecule has 0 bridgehead atoms. The van der Waals surface area contributed by atoms with Gasteiger partial charge >= 0.3 is 0 Å². The first-order valence-corrected chi connectivity index (χ1v) is 9.73. The lowest BCUT2D eigenvalue weighted by Crippen LogP contribution is -2.56. The van der Waals surface area contributed by atoms with Crippen molar-refractivity contribution in [3.05, 3.63) is 29.8 Å². The highest BCUT2D eigenvalue weighted by molar-refractivity contribution is 5.90. The van der Waals surface area contributed by atoms with Crippen LogP contribution >= 0.6 is 0 Å². The maximum Gasteiger partial charge on any atom is 0.245 e. The molecule has 1 unspecified atom stereocenters. The highest BCUT2D eigenvalue weighted by Gasteiger charge is 2.36. The van der Waals surface area contributed by atoms with Gasteiger partial charge < -0.3 is 19.4 Å². The number of likely N-dealkylation sites (tertiary alicyclic amines) is 1. The number of rotatable bonds is 3. The van der Waals surface area contributed by atoms with Crippen molar-refractivity contribution in [1.29, 1.82) is 0 Å². The summed E-state index contributed by atoms with van der Waals surface area (Å²) < 4.78 is 5.35. The lowest BCUT2D eigenvalue weighted by atomic mass is 10.0. The number of amides is 2. The highest BCUT2D eigenvalue weighted by Crippen LogP contribution is 2.28. The third-order valence-corrected chi connectivity index (χ3v) is 5.74. The molecule has 4 rings (SSSR count). The molecule has 0 aliphatic carbocycles. The van der Waals surface area contributed by atoms with Crippen LogP contribution in [0.15, 0.2) is 24.3 Å². The Morgan fingerprint density at radius 1 is 1.04 bits per heavy atom. The van der Waals surface area contributed by atoms with Gasteiger partial charge in [-0.05, 0) is 37.3 Å². The molecule has 0 aromatic heterocycles. The third-order valence-electron chi connectivity index (χ3n) is 5.74. The first-order chi connectivity index (χ1) is 12.7. The van der Waals surface area contributed by atoms with Crippen molar-refractivity contribution in [2.45, 2.75) is 31.7 Å². The monoisotopic (exact) mass is 357 g/mol. The van der Waals surface area contributed by atoms with E-state index in [0.29, 0.717) is 39.4 Å². The molecule has 1 aromatic carbocycles. The Morgan fingerprint density at radius 3 is 2.69 bits per heavy atom. The number of para-hydroxylation sites is 1. The molecule has 2 fully saturated rings. The van der Waals surface area contributed by atoms with Crippen molar-refractivity contribution in [3.8, 4) is 0 Å². The summed E-state index contributed by atoms with van der Waals surface area (Å²) in [6, 6.07) is 7.99. The SMILES string of the molecule is O=C(C1CCCCN1C(=O)CN1CCc2ccccc21)N1CCOCC1. The molecule has 26 heavy (non-hydrogen) atoms. The Morgan fingerprint density at radius 2 is 1.85 bits per heavy atom. The van der Waals surface area contributed by atoms with Gasteiger partial charge in [0, 0.05) is 31.9 Å². The predicted molar refractivity (Wildman–Crippen MR) is 99.1 cm³/mol. The molecule has 1 aromatic rings. The predicted octanol–water partition coefficient (Wildman–Crippen LogP) is 1.29. The Kier molecular flexibility index (Phi) is 5.11. The van der Waals surface area contributed by atoms with E-state index >= 15 is 0 Å². The van der Waals surface area contributed by atoms with E-state index in [9.17, 15) is 9.59 Å². The summed E-state index contributed by atoms with van der Waals surface area (Å²) in [4.78, 5) is 31.9. The number of morpholine rings is 1. The molecule has 3 heterocycles. The second kappa shape index (κ2) is 7.66. The molecule has 3 aliphatic rings. The smallest absolute Gasteiger partial charge is 0.245 e. The Balaban J connectivity index is 1.44. The van der Waals surface area contributed by atoms with Crippen LogP contribution in [-0.2, 0) is 20.7 Å². The molecule has 0 spiro atoms. The summed E-state index contributed by atoms with van der Waals surface area (Å²) in [5.41, 5.74) is 2.47. The number of hydrogen-bond acceptors (Lipinski definition) is 4. The third kappa shape index (κ3) is 3.43. The number of nitrogens with zero attached hydrogens (tertiary/aromatic N) is 3. The lowest BCUT2D eigenvalue weighted by molar-refractivity contribution is -0.149. The van der Waals surface area contributed by atoms with Gasteiger partial charge in [0.25, 0.3) is 0 Å². The van der Waals surface area contributed by atoms with E-state index in [-0.39, 0.29) is 17.9 Å². The normalized spacial score (nSPS) is 23.1. The number of fused-ring (bicyclic) bond motifs is 1. The molecule has 140 valence electrons. The summed E-state index contributed by atoms with van der Waals surface area (Å²) >= 11 is 0. The molecule has 6 nitrogen and oxygen atoms in total. The number of piperidine rings is 1. The zero-order valence-electron chi connectivity index (χ0n) is 15.2. The van der Waals surface area contributed by atoms with E-state index in [1.54, 1.807) is 0 Å². The molecular formula is C20H27N3O3. The number of ether oxygens (including phenoxy) is 1. The van der Waals surface area contributed by atoms with Gasteiger partial charge in [0.05, 0.1) is 19.8 Å². The topological polar surface area (TPSA) is 53.1 Å². The van der Waals surface area contributed by atoms with Crippen molar-refractivity contribution in [2.24, 2.45) is 0 Å². The van der Waals surface area contributed by atoms with Crippen LogP contribution in [0.1, 0.15) is 24.8 Å². The summed E-state index contributed by atoms with van der Waals surface area (Å²) in [7, 11) is 0. The molecule has 2 saturated heterocycles. The Hall–Kier alpha value is -2.08. The lowest BCUT2D eigenvalue weighted by Gasteiger charge is -2.39. The minimum absolute atomic E-state index is 0.0769. The fraction of sp³-hybridized carbons (Fsp3) is 0.600. The van der Waals surface area contributed by atoms with Crippen LogP contribution in [0.5, 0.6) is 0 Å². The molecule has 1 atom stereocenters. The zero-order chi connectivity index (χ0) is 17.9. The molecule has 6 heteroatoms. The van der Waals surface area contributed by atoms with Gasteiger partial charge in [-0.25, -0.2) is 0 Å². The summed E-state index contributed by atoms with van der Waals surface area (Å²) in [6.45, 7) is 4.39. The van der Waals surface area contributed by atoms with E-state index in [4.69, 9.17) is 4.74 Å². The van der Waals surface area contributed by atoms with Crippen molar-refractivity contribution < 1.29 is 14.3 Å². The van der Waals surface area contributed by atoms with Crippen molar-refractivity contribution in [2.75, 3.05) is 50.8 Å². The molecule has 3 aliphatic heterocycles. The Bertz CT molecular complexity index is 672. The molecule has 0 N–H and O–H groups in total.